The second kappa shape index (κ2) is 7.46. The zero-order chi connectivity index (χ0) is 14.4. The summed E-state index contributed by atoms with van der Waals surface area (Å²) >= 11 is 0. The second-order valence-corrected chi connectivity index (χ2v) is 6.06. The maximum absolute atomic E-state index is 4.61. The molecule has 1 aromatic rings. The monoisotopic (exact) mass is 276 g/mol. The number of aromatic nitrogens is 2. The van der Waals surface area contributed by atoms with Gasteiger partial charge in [0.1, 0.15) is 17.5 Å². The number of hydrogen-bond acceptors (Lipinski definition) is 4. The van der Waals surface area contributed by atoms with Crippen molar-refractivity contribution in [2.24, 2.45) is 11.8 Å². The minimum atomic E-state index is 0.800. The molecule has 0 unspecified atom stereocenters. The van der Waals surface area contributed by atoms with Crippen molar-refractivity contribution in [3.05, 3.63) is 11.9 Å². The number of anilines is 2. The number of aryl methyl sites for hydroxylation is 1. The van der Waals surface area contributed by atoms with E-state index in [1.807, 2.05) is 13.1 Å². The number of nitrogens with one attached hydrogen (secondary N) is 2. The van der Waals surface area contributed by atoms with Gasteiger partial charge in [0.25, 0.3) is 0 Å². The van der Waals surface area contributed by atoms with E-state index in [0.29, 0.717) is 0 Å². The van der Waals surface area contributed by atoms with Gasteiger partial charge in [-0.2, -0.15) is 0 Å². The highest BCUT2D eigenvalue weighted by Gasteiger charge is 2.18. The lowest BCUT2D eigenvalue weighted by molar-refractivity contribution is 0.300. The van der Waals surface area contributed by atoms with Gasteiger partial charge in [0.2, 0.25) is 0 Å². The summed E-state index contributed by atoms with van der Waals surface area (Å²) in [6.07, 6.45) is 7.45. The summed E-state index contributed by atoms with van der Waals surface area (Å²) in [7, 11) is 1.91. The average molecular weight is 276 g/mol. The molecule has 4 heteroatoms. The minimum Gasteiger partial charge on any atom is -0.373 e. The quantitative estimate of drug-likeness (QED) is 0.831. The highest BCUT2D eigenvalue weighted by atomic mass is 15.1. The Morgan fingerprint density at radius 1 is 1.15 bits per heavy atom. The van der Waals surface area contributed by atoms with Crippen molar-refractivity contribution in [2.75, 3.05) is 24.2 Å². The highest BCUT2D eigenvalue weighted by Crippen LogP contribution is 2.28. The van der Waals surface area contributed by atoms with Crippen LogP contribution in [0.3, 0.4) is 0 Å². The third kappa shape index (κ3) is 4.36. The topological polar surface area (TPSA) is 49.8 Å². The van der Waals surface area contributed by atoms with Crippen molar-refractivity contribution >= 4 is 11.6 Å². The van der Waals surface area contributed by atoms with Crippen molar-refractivity contribution in [3.8, 4) is 0 Å². The largest absolute Gasteiger partial charge is 0.373 e. The van der Waals surface area contributed by atoms with Crippen LogP contribution < -0.4 is 10.6 Å². The molecule has 20 heavy (non-hydrogen) atoms. The molecule has 1 heterocycles. The van der Waals surface area contributed by atoms with E-state index in [4.69, 9.17) is 0 Å². The van der Waals surface area contributed by atoms with Crippen LogP contribution in [-0.4, -0.2) is 23.6 Å². The van der Waals surface area contributed by atoms with Crippen LogP contribution in [0.25, 0.3) is 0 Å². The summed E-state index contributed by atoms with van der Waals surface area (Å²) in [5.41, 5.74) is 0. The summed E-state index contributed by atoms with van der Waals surface area (Å²) in [5, 5.41) is 6.63. The van der Waals surface area contributed by atoms with Gasteiger partial charge in [0.15, 0.2) is 0 Å². The van der Waals surface area contributed by atoms with Gasteiger partial charge in [-0.1, -0.05) is 26.7 Å². The molecule has 1 aromatic heterocycles. The number of hydrogen-bond donors (Lipinski definition) is 2. The van der Waals surface area contributed by atoms with Crippen LogP contribution in [-0.2, 0) is 6.42 Å². The van der Waals surface area contributed by atoms with Crippen molar-refractivity contribution in [3.63, 3.8) is 0 Å². The summed E-state index contributed by atoms with van der Waals surface area (Å²) in [4.78, 5) is 9.09. The van der Waals surface area contributed by atoms with E-state index in [0.717, 1.165) is 48.7 Å². The molecular weight excluding hydrogens is 248 g/mol. The third-order valence-electron chi connectivity index (χ3n) is 4.21. The normalized spacial score (nSPS) is 22.6. The van der Waals surface area contributed by atoms with Crippen molar-refractivity contribution in [1.82, 2.24) is 9.97 Å². The number of nitrogens with zero attached hydrogens (tertiary/aromatic N) is 2. The van der Waals surface area contributed by atoms with Crippen molar-refractivity contribution in [2.45, 2.75) is 52.4 Å². The molecule has 1 saturated carbocycles. The number of rotatable bonds is 6. The van der Waals surface area contributed by atoms with Crippen LogP contribution in [0.2, 0.25) is 0 Å². The Morgan fingerprint density at radius 2 is 1.85 bits per heavy atom. The molecule has 1 fully saturated rings. The first-order valence-corrected chi connectivity index (χ1v) is 8.00. The molecule has 0 saturated heterocycles. The summed E-state index contributed by atoms with van der Waals surface area (Å²) < 4.78 is 0. The molecule has 0 bridgehead atoms. The lowest BCUT2D eigenvalue weighted by Crippen LogP contribution is -2.20. The minimum absolute atomic E-state index is 0.800. The van der Waals surface area contributed by atoms with Gasteiger partial charge in [0, 0.05) is 26.1 Å². The molecule has 2 N–H and O–H groups in total. The van der Waals surface area contributed by atoms with Gasteiger partial charge in [-0.25, -0.2) is 9.97 Å². The Labute approximate surface area is 122 Å². The van der Waals surface area contributed by atoms with Crippen LogP contribution in [0.4, 0.5) is 11.6 Å². The highest BCUT2D eigenvalue weighted by molar-refractivity contribution is 5.47. The molecule has 0 aliphatic heterocycles. The average Bonchev–Trinajstić information content (AvgIpc) is 2.47. The van der Waals surface area contributed by atoms with Crippen LogP contribution >= 0.6 is 0 Å². The lowest BCUT2D eigenvalue weighted by Gasteiger charge is -2.26. The van der Waals surface area contributed by atoms with Gasteiger partial charge in [-0.3, -0.25) is 0 Å². The van der Waals surface area contributed by atoms with Gasteiger partial charge in [0.05, 0.1) is 0 Å². The Balaban J connectivity index is 1.92. The first-order valence-electron chi connectivity index (χ1n) is 8.00. The van der Waals surface area contributed by atoms with E-state index in [2.05, 4.69) is 34.4 Å². The lowest BCUT2D eigenvalue weighted by atomic mass is 9.83. The zero-order valence-corrected chi connectivity index (χ0v) is 13.1. The van der Waals surface area contributed by atoms with E-state index in [9.17, 15) is 0 Å². The molecular formula is C16H28N4. The van der Waals surface area contributed by atoms with E-state index >= 15 is 0 Å². The SMILES string of the molecule is CCCc1nc(NC)cc(NCC2CCC(C)CC2)n1. The maximum Gasteiger partial charge on any atom is 0.133 e. The van der Waals surface area contributed by atoms with E-state index in [-0.39, 0.29) is 0 Å². The third-order valence-corrected chi connectivity index (χ3v) is 4.21. The standard InChI is InChI=1S/C16H28N4/c1-4-5-14-19-15(17-3)10-16(20-14)18-11-13-8-6-12(2)7-9-13/h10,12-13H,4-9,11H2,1-3H3,(H2,17,18,19,20). The smallest absolute Gasteiger partial charge is 0.133 e. The molecule has 0 aromatic carbocycles. The molecule has 0 spiro atoms. The Kier molecular flexibility index (Phi) is 5.62. The molecule has 112 valence electrons. The Morgan fingerprint density at radius 3 is 2.50 bits per heavy atom. The Hall–Kier alpha value is -1.32. The maximum atomic E-state index is 4.61. The summed E-state index contributed by atoms with van der Waals surface area (Å²) in [6, 6.07) is 2.00. The van der Waals surface area contributed by atoms with Crippen molar-refractivity contribution < 1.29 is 0 Å². The molecule has 1 aliphatic carbocycles. The second-order valence-electron chi connectivity index (χ2n) is 6.06. The first kappa shape index (κ1) is 15.1. The van der Waals surface area contributed by atoms with Gasteiger partial charge in [-0.05, 0) is 31.1 Å². The van der Waals surface area contributed by atoms with Crippen LogP contribution in [0, 0.1) is 11.8 Å². The van der Waals surface area contributed by atoms with E-state index in [1.54, 1.807) is 0 Å². The summed E-state index contributed by atoms with van der Waals surface area (Å²) in [5.74, 6) is 4.51. The van der Waals surface area contributed by atoms with E-state index in [1.165, 1.54) is 25.7 Å². The fraction of sp³-hybridized carbons (Fsp3) is 0.750. The molecule has 4 nitrogen and oxygen atoms in total. The fourth-order valence-corrected chi connectivity index (χ4v) is 2.83. The van der Waals surface area contributed by atoms with Crippen LogP contribution in [0.15, 0.2) is 6.07 Å². The van der Waals surface area contributed by atoms with Gasteiger partial charge in [-0.15, -0.1) is 0 Å². The van der Waals surface area contributed by atoms with Gasteiger partial charge >= 0.3 is 0 Å². The molecule has 2 rings (SSSR count). The molecule has 0 atom stereocenters. The summed E-state index contributed by atoms with van der Waals surface area (Å²) in [6.45, 7) is 5.56. The Bertz CT molecular complexity index is 411. The predicted molar refractivity (Wildman–Crippen MR) is 85.2 cm³/mol. The fourth-order valence-electron chi connectivity index (χ4n) is 2.83. The van der Waals surface area contributed by atoms with Crippen LogP contribution in [0.5, 0.6) is 0 Å². The van der Waals surface area contributed by atoms with Crippen molar-refractivity contribution in [1.29, 1.82) is 0 Å². The molecule has 1 aliphatic rings. The van der Waals surface area contributed by atoms with E-state index < -0.39 is 0 Å². The molecule has 0 radical (unpaired) electrons. The molecule has 0 amide bonds. The predicted octanol–water partition coefficient (Wildman–Crippen LogP) is 3.71. The first-order chi connectivity index (χ1) is 9.71. The van der Waals surface area contributed by atoms with Gasteiger partial charge < -0.3 is 10.6 Å². The van der Waals surface area contributed by atoms with Crippen LogP contribution in [0.1, 0.15) is 51.8 Å². The zero-order valence-electron chi connectivity index (χ0n) is 13.1.